The number of carbonyl (C=O) groups excluding carboxylic acids is 1. The van der Waals surface area contributed by atoms with Gasteiger partial charge in [-0.25, -0.2) is 4.98 Å². The third-order valence-corrected chi connectivity index (χ3v) is 4.98. The summed E-state index contributed by atoms with van der Waals surface area (Å²) in [5, 5.41) is 2.94. The molecule has 1 saturated heterocycles. The maximum absolute atomic E-state index is 12.3. The highest BCUT2D eigenvalue weighted by atomic mass is 16.1. The smallest absolute Gasteiger partial charge is 0.270 e. The minimum Gasteiger partial charge on any atom is -0.367 e. The molecule has 1 N–H and O–H groups in total. The average molecular weight is 337 g/mol. The molecule has 1 unspecified atom stereocenters. The number of hydrogen-bond acceptors (Lipinski definition) is 3. The second kappa shape index (κ2) is 8.15. The first kappa shape index (κ1) is 17.5. The highest BCUT2D eigenvalue weighted by Gasteiger charge is 2.21. The first-order chi connectivity index (χ1) is 12.2. The van der Waals surface area contributed by atoms with Crippen molar-refractivity contribution in [2.24, 2.45) is 0 Å². The second-order valence-electron chi connectivity index (χ2n) is 6.82. The minimum absolute atomic E-state index is 0.127. The molecule has 0 spiro atoms. The SMILES string of the molecule is CCC1CCCCN1c1ccc(C(=O)NCc2ccc(C)cc2)nc1. The Morgan fingerprint density at radius 2 is 2.00 bits per heavy atom. The molecule has 1 aliphatic heterocycles. The van der Waals surface area contributed by atoms with E-state index in [0.29, 0.717) is 18.3 Å². The third-order valence-electron chi connectivity index (χ3n) is 4.98. The van der Waals surface area contributed by atoms with Crippen molar-refractivity contribution in [2.75, 3.05) is 11.4 Å². The molecule has 1 fully saturated rings. The highest BCUT2D eigenvalue weighted by Crippen LogP contribution is 2.25. The van der Waals surface area contributed by atoms with E-state index in [9.17, 15) is 4.79 Å². The number of rotatable bonds is 5. The molecule has 25 heavy (non-hydrogen) atoms. The van der Waals surface area contributed by atoms with E-state index in [2.05, 4.69) is 41.2 Å². The topological polar surface area (TPSA) is 45.2 Å². The largest absolute Gasteiger partial charge is 0.367 e. The van der Waals surface area contributed by atoms with Gasteiger partial charge in [-0.15, -0.1) is 0 Å². The third kappa shape index (κ3) is 4.38. The van der Waals surface area contributed by atoms with Crippen molar-refractivity contribution >= 4 is 11.6 Å². The summed E-state index contributed by atoms with van der Waals surface area (Å²) in [4.78, 5) is 19.1. The van der Waals surface area contributed by atoms with Crippen LogP contribution in [0.25, 0.3) is 0 Å². The highest BCUT2D eigenvalue weighted by molar-refractivity contribution is 5.92. The lowest BCUT2D eigenvalue weighted by molar-refractivity contribution is 0.0946. The number of pyridine rings is 1. The molecule has 2 aromatic rings. The lowest BCUT2D eigenvalue weighted by Gasteiger charge is -2.37. The van der Waals surface area contributed by atoms with Crippen LogP contribution in [0, 0.1) is 6.92 Å². The summed E-state index contributed by atoms with van der Waals surface area (Å²) in [5.74, 6) is -0.127. The summed E-state index contributed by atoms with van der Waals surface area (Å²) in [5.41, 5.74) is 3.91. The van der Waals surface area contributed by atoms with Crippen LogP contribution in [0.15, 0.2) is 42.6 Å². The van der Waals surface area contributed by atoms with E-state index in [0.717, 1.165) is 24.2 Å². The monoisotopic (exact) mass is 337 g/mol. The van der Waals surface area contributed by atoms with Crippen molar-refractivity contribution in [1.29, 1.82) is 0 Å². The van der Waals surface area contributed by atoms with Gasteiger partial charge in [0.2, 0.25) is 0 Å². The molecule has 1 aromatic heterocycles. The van der Waals surface area contributed by atoms with Crippen LogP contribution in [0.5, 0.6) is 0 Å². The summed E-state index contributed by atoms with van der Waals surface area (Å²) < 4.78 is 0. The van der Waals surface area contributed by atoms with Crippen molar-refractivity contribution in [1.82, 2.24) is 10.3 Å². The van der Waals surface area contributed by atoms with Gasteiger partial charge in [0.05, 0.1) is 11.9 Å². The van der Waals surface area contributed by atoms with Gasteiger partial charge < -0.3 is 10.2 Å². The lowest BCUT2D eigenvalue weighted by atomic mass is 9.99. The zero-order chi connectivity index (χ0) is 17.6. The molecule has 1 aromatic carbocycles. The van der Waals surface area contributed by atoms with E-state index in [-0.39, 0.29) is 5.91 Å². The van der Waals surface area contributed by atoms with Gasteiger partial charge in [-0.1, -0.05) is 36.8 Å². The Kier molecular flexibility index (Phi) is 5.69. The molecule has 3 rings (SSSR count). The number of nitrogens with one attached hydrogen (secondary N) is 1. The number of anilines is 1. The van der Waals surface area contributed by atoms with E-state index in [1.807, 2.05) is 30.5 Å². The molecule has 0 aliphatic carbocycles. The summed E-state index contributed by atoms with van der Waals surface area (Å²) in [6.45, 7) is 5.90. The van der Waals surface area contributed by atoms with Crippen LogP contribution in [-0.2, 0) is 6.54 Å². The van der Waals surface area contributed by atoms with Gasteiger partial charge >= 0.3 is 0 Å². The van der Waals surface area contributed by atoms with Gasteiger partial charge in [-0.05, 0) is 50.3 Å². The molecule has 2 heterocycles. The molecule has 0 bridgehead atoms. The Morgan fingerprint density at radius 3 is 2.68 bits per heavy atom. The fourth-order valence-electron chi connectivity index (χ4n) is 3.43. The van der Waals surface area contributed by atoms with Crippen LogP contribution >= 0.6 is 0 Å². The Hall–Kier alpha value is -2.36. The van der Waals surface area contributed by atoms with Crippen LogP contribution in [0.4, 0.5) is 5.69 Å². The fourth-order valence-corrected chi connectivity index (χ4v) is 3.43. The minimum atomic E-state index is -0.127. The molecule has 132 valence electrons. The number of piperidine rings is 1. The number of hydrogen-bond donors (Lipinski definition) is 1. The molecule has 0 radical (unpaired) electrons. The van der Waals surface area contributed by atoms with Crippen LogP contribution < -0.4 is 10.2 Å². The summed E-state index contributed by atoms with van der Waals surface area (Å²) in [7, 11) is 0. The summed E-state index contributed by atoms with van der Waals surface area (Å²) in [6.07, 6.45) is 6.78. The quantitative estimate of drug-likeness (QED) is 0.894. The van der Waals surface area contributed by atoms with E-state index in [1.165, 1.54) is 24.8 Å². The van der Waals surface area contributed by atoms with Crippen LogP contribution in [-0.4, -0.2) is 23.5 Å². The Morgan fingerprint density at radius 1 is 1.20 bits per heavy atom. The van der Waals surface area contributed by atoms with Gasteiger partial charge in [0, 0.05) is 19.1 Å². The standard InChI is InChI=1S/C21H27N3O/c1-3-18-6-4-5-13-24(18)19-11-12-20(22-15-19)21(25)23-14-17-9-7-16(2)8-10-17/h7-12,15,18H,3-6,13-14H2,1-2H3,(H,23,25). The predicted octanol–water partition coefficient (Wildman–Crippen LogP) is 4.09. The van der Waals surface area contributed by atoms with E-state index in [1.54, 1.807) is 0 Å². The molecule has 4 nitrogen and oxygen atoms in total. The number of aryl methyl sites for hydroxylation is 1. The molecule has 1 atom stereocenters. The van der Waals surface area contributed by atoms with Gasteiger partial charge in [-0.3, -0.25) is 4.79 Å². The van der Waals surface area contributed by atoms with Gasteiger partial charge in [0.1, 0.15) is 5.69 Å². The first-order valence-electron chi connectivity index (χ1n) is 9.24. The van der Waals surface area contributed by atoms with E-state index < -0.39 is 0 Å². The van der Waals surface area contributed by atoms with Crippen LogP contribution in [0.2, 0.25) is 0 Å². The first-order valence-corrected chi connectivity index (χ1v) is 9.24. The van der Waals surface area contributed by atoms with Gasteiger partial charge in [0.25, 0.3) is 5.91 Å². The fraction of sp³-hybridized carbons (Fsp3) is 0.429. The second-order valence-corrected chi connectivity index (χ2v) is 6.82. The molecular formula is C21H27N3O. The zero-order valence-corrected chi connectivity index (χ0v) is 15.2. The molecule has 1 aliphatic rings. The van der Waals surface area contributed by atoms with Gasteiger partial charge in [0.15, 0.2) is 0 Å². The maximum Gasteiger partial charge on any atom is 0.270 e. The molecule has 1 amide bonds. The van der Waals surface area contributed by atoms with Crippen molar-refractivity contribution in [3.05, 3.63) is 59.4 Å². The number of benzene rings is 1. The van der Waals surface area contributed by atoms with Crippen molar-refractivity contribution in [3.63, 3.8) is 0 Å². The normalized spacial score (nSPS) is 17.4. The Balaban J connectivity index is 1.61. The molecule has 0 saturated carbocycles. The predicted molar refractivity (Wildman–Crippen MR) is 102 cm³/mol. The van der Waals surface area contributed by atoms with Crippen LogP contribution in [0.3, 0.4) is 0 Å². The van der Waals surface area contributed by atoms with Crippen LogP contribution in [0.1, 0.15) is 54.2 Å². The zero-order valence-electron chi connectivity index (χ0n) is 15.2. The van der Waals surface area contributed by atoms with Crippen molar-refractivity contribution in [3.8, 4) is 0 Å². The molecule has 4 heteroatoms. The van der Waals surface area contributed by atoms with Crippen molar-refractivity contribution in [2.45, 2.75) is 52.1 Å². The Bertz CT molecular complexity index is 694. The lowest BCUT2D eigenvalue weighted by Crippen LogP contribution is -2.39. The van der Waals surface area contributed by atoms with Gasteiger partial charge in [-0.2, -0.15) is 0 Å². The summed E-state index contributed by atoms with van der Waals surface area (Å²) in [6, 6.07) is 12.6. The average Bonchev–Trinajstić information content (AvgIpc) is 2.67. The molecular weight excluding hydrogens is 310 g/mol. The Labute approximate surface area is 150 Å². The van der Waals surface area contributed by atoms with E-state index >= 15 is 0 Å². The number of aromatic nitrogens is 1. The number of amides is 1. The number of nitrogens with zero attached hydrogens (tertiary/aromatic N) is 2. The van der Waals surface area contributed by atoms with E-state index in [4.69, 9.17) is 0 Å². The van der Waals surface area contributed by atoms with Crippen molar-refractivity contribution < 1.29 is 4.79 Å². The maximum atomic E-state index is 12.3. The summed E-state index contributed by atoms with van der Waals surface area (Å²) >= 11 is 0. The number of carbonyl (C=O) groups is 1.